The van der Waals surface area contributed by atoms with E-state index in [2.05, 4.69) is 0 Å². The number of amides is 1. The molecule has 0 radical (unpaired) electrons. The Morgan fingerprint density at radius 3 is 2.75 bits per heavy atom. The van der Waals surface area contributed by atoms with Crippen molar-refractivity contribution >= 4 is 17.4 Å². The number of hydrogen-bond acceptors (Lipinski definition) is 3. The van der Waals surface area contributed by atoms with Crippen molar-refractivity contribution in [2.45, 2.75) is 39.2 Å². The number of fused-ring (bicyclic) bond motifs is 1. The van der Waals surface area contributed by atoms with E-state index in [0.29, 0.717) is 12.1 Å². The summed E-state index contributed by atoms with van der Waals surface area (Å²) in [5.41, 5.74) is 3.32. The molecule has 1 fully saturated rings. The van der Waals surface area contributed by atoms with Crippen LogP contribution in [0.25, 0.3) is 0 Å². The van der Waals surface area contributed by atoms with Crippen molar-refractivity contribution in [2.75, 3.05) is 18.1 Å². The molecule has 0 N–H and O–H groups in total. The number of anilines is 1. The van der Waals surface area contributed by atoms with Crippen LogP contribution in [0.1, 0.15) is 40.7 Å². The maximum Gasteiger partial charge on any atom is 0.299 e. The van der Waals surface area contributed by atoms with Gasteiger partial charge in [0.2, 0.25) is 0 Å². The molecule has 2 aliphatic heterocycles. The molecule has 0 saturated carbocycles. The molecule has 1 atom stereocenters. The summed E-state index contributed by atoms with van der Waals surface area (Å²) >= 11 is 0. The lowest BCUT2D eigenvalue weighted by Crippen LogP contribution is -2.39. The number of ketones is 1. The Kier molecular flexibility index (Phi) is 3.34. The van der Waals surface area contributed by atoms with E-state index in [0.717, 1.165) is 42.7 Å². The number of carbonyl (C=O) groups excluding carboxylic acids is 2. The standard InChI is InChI=1S/C16H19NO3/c1-10-7-11(2)14-13(8-10)15(18)16(19)17(14)9-12-5-3-4-6-20-12/h7-8,12H,3-6,9H2,1-2H3. The van der Waals surface area contributed by atoms with Crippen molar-refractivity contribution in [3.8, 4) is 0 Å². The van der Waals surface area contributed by atoms with Gasteiger partial charge in [0.1, 0.15) is 0 Å². The summed E-state index contributed by atoms with van der Waals surface area (Å²) in [5, 5.41) is 0. The Hall–Kier alpha value is -1.68. The van der Waals surface area contributed by atoms with Crippen molar-refractivity contribution in [2.24, 2.45) is 0 Å². The number of Topliss-reactive ketones (excluding diaryl/α,β-unsaturated/α-hetero) is 1. The average molecular weight is 273 g/mol. The van der Waals surface area contributed by atoms with Gasteiger partial charge in [-0.25, -0.2) is 0 Å². The molecule has 1 amide bonds. The summed E-state index contributed by atoms with van der Waals surface area (Å²) in [6.45, 7) is 5.13. The highest BCUT2D eigenvalue weighted by atomic mass is 16.5. The minimum atomic E-state index is -0.414. The highest BCUT2D eigenvalue weighted by Crippen LogP contribution is 2.34. The maximum absolute atomic E-state index is 12.2. The normalized spacial score (nSPS) is 22.3. The first-order chi connectivity index (χ1) is 9.58. The molecule has 1 saturated heterocycles. The van der Waals surface area contributed by atoms with Crippen LogP contribution in [-0.4, -0.2) is 30.9 Å². The summed E-state index contributed by atoms with van der Waals surface area (Å²) in [7, 11) is 0. The van der Waals surface area contributed by atoms with Gasteiger partial charge in [-0.1, -0.05) is 6.07 Å². The third-order valence-corrected chi connectivity index (χ3v) is 4.06. The summed E-state index contributed by atoms with van der Waals surface area (Å²) in [6.07, 6.45) is 3.21. The zero-order chi connectivity index (χ0) is 14.3. The number of carbonyl (C=O) groups is 2. The second-order valence-electron chi connectivity index (χ2n) is 5.71. The topological polar surface area (TPSA) is 46.6 Å². The van der Waals surface area contributed by atoms with E-state index in [1.807, 2.05) is 26.0 Å². The van der Waals surface area contributed by atoms with Crippen molar-refractivity contribution in [1.82, 2.24) is 0 Å². The number of nitrogens with zero attached hydrogens (tertiary/aromatic N) is 1. The summed E-state index contributed by atoms with van der Waals surface area (Å²) in [4.78, 5) is 26.0. The predicted octanol–water partition coefficient (Wildman–Crippen LogP) is 2.40. The quantitative estimate of drug-likeness (QED) is 0.777. The lowest BCUT2D eigenvalue weighted by Gasteiger charge is -2.28. The zero-order valence-corrected chi connectivity index (χ0v) is 11.9. The monoisotopic (exact) mass is 273 g/mol. The van der Waals surface area contributed by atoms with Gasteiger partial charge in [0.15, 0.2) is 0 Å². The van der Waals surface area contributed by atoms with Crippen LogP contribution in [0.3, 0.4) is 0 Å². The second kappa shape index (κ2) is 5.02. The summed E-state index contributed by atoms with van der Waals surface area (Å²) in [5.74, 6) is -0.800. The largest absolute Gasteiger partial charge is 0.376 e. The first-order valence-corrected chi connectivity index (χ1v) is 7.17. The lowest BCUT2D eigenvalue weighted by atomic mass is 10.0. The molecule has 106 valence electrons. The molecule has 0 spiro atoms. The first-order valence-electron chi connectivity index (χ1n) is 7.17. The average Bonchev–Trinajstić information content (AvgIpc) is 2.65. The number of rotatable bonds is 2. The highest BCUT2D eigenvalue weighted by Gasteiger charge is 2.38. The van der Waals surface area contributed by atoms with E-state index in [9.17, 15) is 9.59 Å². The highest BCUT2D eigenvalue weighted by molar-refractivity contribution is 6.52. The number of hydrogen-bond donors (Lipinski definition) is 0. The van der Waals surface area contributed by atoms with E-state index in [4.69, 9.17) is 4.74 Å². The fourth-order valence-electron chi connectivity index (χ4n) is 3.16. The predicted molar refractivity (Wildman–Crippen MR) is 76.2 cm³/mol. The third-order valence-electron chi connectivity index (χ3n) is 4.06. The van der Waals surface area contributed by atoms with Crippen molar-refractivity contribution in [3.63, 3.8) is 0 Å². The summed E-state index contributed by atoms with van der Waals surface area (Å²) < 4.78 is 5.70. The smallest absolute Gasteiger partial charge is 0.299 e. The Morgan fingerprint density at radius 2 is 2.05 bits per heavy atom. The van der Waals surface area contributed by atoms with E-state index >= 15 is 0 Å². The van der Waals surface area contributed by atoms with E-state index in [1.54, 1.807) is 4.90 Å². The number of benzene rings is 1. The van der Waals surface area contributed by atoms with Crippen LogP contribution in [-0.2, 0) is 9.53 Å². The van der Waals surface area contributed by atoms with Gasteiger partial charge in [-0.15, -0.1) is 0 Å². The molecule has 4 nitrogen and oxygen atoms in total. The molecule has 20 heavy (non-hydrogen) atoms. The van der Waals surface area contributed by atoms with E-state index in [1.165, 1.54) is 0 Å². The van der Waals surface area contributed by atoms with Crippen LogP contribution in [0.2, 0.25) is 0 Å². The van der Waals surface area contributed by atoms with Crippen LogP contribution in [0.5, 0.6) is 0 Å². The van der Waals surface area contributed by atoms with Gasteiger partial charge >= 0.3 is 0 Å². The Labute approximate surface area is 118 Å². The molecular formula is C16H19NO3. The minimum absolute atomic E-state index is 0.0483. The van der Waals surface area contributed by atoms with Gasteiger partial charge in [0, 0.05) is 6.61 Å². The SMILES string of the molecule is Cc1cc(C)c2c(c1)C(=O)C(=O)N2CC1CCCCO1. The van der Waals surface area contributed by atoms with Gasteiger partial charge in [0.25, 0.3) is 11.7 Å². The van der Waals surface area contributed by atoms with Gasteiger partial charge in [-0.2, -0.15) is 0 Å². The van der Waals surface area contributed by atoms with Crippen LogP contribution in [0.4, 0.5) is 5.69 Å². The number of aryl methyl sites for hydroxylation is 2. The molecule has 2 aliphatic rings. The van der Waals surface area contributed by atoms with Crippen molar-refractivity contribution < 1.29 is 14.3 Å². The molecule has 1 aromatic carbocycles. The van der Waals surface area contributed by atoms with Crippen LogP contribution in [0, 0.1) is 13.8 Å². The van der Waals surface area contributed by atoms with Crippen molar-refractivity contribution in [1.29, 1.82) is 0 Å². The maximum atomic E-state index is 12.2. The Balaban J connectivity index is 1.93. The molecule has 2 heterocycles. The molecule has 4 heteroatoms. The molecule has 1 unspecified atom stereocenters. The summed E-state index contributed by atoms with van der Waals surface area (Å²) in [6, 6.07) is 3.82. The van der Waals surface area contributed by atoms with Crippen LogP contribution < -0.4 is 4.90 Å². The van der Waals surface area contributed by atoms with Crippen molar-refractivity contribution in [3.05, 3.63) is 28.8 Å². The molecule has 1 aromatic rings. The van der Waals surface area contributed by atoms with Crippen LogP contribution >= 0.6 is 0 Å². The lowest BCUT2D eigenvalue weighted by molar-refractivity contribution is -0.114. The molecule has 0 aromatic heterocycles. The fourth-order valence-corrected chi connectivity index (χ4v) is 3.16. The van der Waals surface area contributed by atoms with E-state index in [-0.39, 0.29) is 11.9 Å². The number of ether oxygens (including phenoxy) is 1. The molecular weight excluding hydrogens is 254 g/mol. The van der Waals surface area contributed by atoms with Gasteiger partial charge in [-0.3, -0.25) is 9.59 Å². The second-order valence-corrected chi connectivity index (χ2v) is 5.71. The fraction of sp³-hybridized carbons (Fsp3) is 0.500. The first kappa shape index (κ1) is 13.3. The molecule has 0 aliphatic carbocycles. The van der Waals surface area contributed by atoms with Gasteiger partial charge in [-0.05, 0) is 50.3 Å². The molecule has 3 rings (SSSR count). The van der Waals surface area contributed by atoms with Crippen LogP contribution in [0.15, 0.2) is 12.1 Å². The van der Waals surface area contributed by atoms with Gasteiger partial charge in [0.05, 0.1) is 23.9 Å². The Morgan fingerprint density at radius 1 is 1.25 bits per heavy atom. The third kappa shape index (κ3) is 2.14. The molecule has 0 bridgehead atoms. The minimum Gasteiger partial charge on any atom is -0.376 e. The van der Waals surface area contributed by atoms with E-state index < -0.39 is 5.91 Å². The van der Waals surface area contributed by atoms with Gasteiger partial charge < -0.3 is 9.64 Å². The zero-order valence-electron chi connectivity index (χ0n) is 11.9. The Bertz CT molecular complexity index is 573.